The van der Waals surface area contributed by atoms with Crippen LogP contribution < -0.4 is 11.1 Å². The molecule has 0 bridgehead atoms. The number of hydrogen-bond acceptors (Lipinski definition) is 2. The summed E-state index contributed by atoms with van der Waals surface area (Å²) in [6.07, 6.45) is -2.61. The minimum Gasteiger partial charge on any atom is -0.370 e. The molecule has 0 spiro atoms. The van der Waals surface area contributed by atoms with Gasteiger partial charge in [-0.3, -0.25) is 4.79 Å². The smallest absolute Gasteiger partial charge is 0.263 e. The Morgan fingerprint density at radius 3 is 2.38 bits per heavy atom. The van der Waals surface area contributed by atoms with Crippen molar-refractivity contribution in [2.45, 2.75) is 12.5 Å². The summed E-state index contributed by atoms with van der Waals surface area (Å²) in [7, 11) is 0. The van der Waals surface area contributed by atoms with Crippen LogP contribution in [0.3, 0.4) is 0 Å². The number of amides is 1. The van der Waals surface area contributed by atoms with E-state index in [2.05, 4.69) is 5.32 Å². The highest BCUT2D eigenvalue weighted by atomic mass is 35.5. The maximum atomic E-state index is 12.7. The van der Waals surface area contributed by atoms with Gasteiger partial charge in [-0.1, -0.05) is 35.9 Å². The van der Waals surface area contributed by atoms with Crippen LogP contribution in [0.5, 0.6) is 0 Å². The van der Waals surface area contributed by atoms with Crippen LogP contribution >= 0.6 is 11.6 Å². The van der Waals surface area contributed by atoms with Crippen LogP contribution in [0.1, 0.15) is 23.6 Å². The molecular formula is C15H13ClF2N2O. The molecule has 0 saturated heterocycles. The maximum absolute atomic E-state index is 12.7. The van der Waals surface area contributed by atoms with Crippen LogP contribution in [0.15, 0.2) is 48.5 Å². The Hall–Kier alpha value is -2.14. The molecule has 2 rings (SSSR count). The summed E-state index contributed by atoms with van der Waals surface area (Å²) in [4.78, 5) is 11.6. The summed E-state index contributed by atoms with van der Waals surface area (Å²) in [5, 5.41) is 3.39. The van der Waals surface area contributed by atoms with Gasteiger partial charge in [-0.25, -0.2) is 8.78 Å². The normalized spacial score (nSPS) is 12.2. The molecule has 0 aromatic heterocycles. The van der Waals surface area contributed by atoms with E-state index in [4.69, 9.17) is 17.3 Å². The minimum atomic E-state index is -2.61. The van der Waals surface area contributed by atoms with E-state index in [0.29, 0.717) is 16.3 Å². The summed E-state index contributed by atoms with van der Waals surface area (Å²) in [5.74, 6) is -0.665. The van der Waals surface area contributed by atoms with Crippen molar-refractivity contribution >= 4 is 23.2 Å². The molecule has 1 unspecified atom stereocenters. The number of halogens is 3. The van der Waals surface area contributed by atoms with Gasteiger partial charge in [-0.05, 0) is 29.8 Å². The van der Waals surface area contributed by atoms with Crippen LogP contribution in [-0.2, 0) is 4.79 Å². The Bertz CT molecular complexity index is 649. The molecule has 3 nitrogen and oxygen atoms in total. The van der Waals surface area contributed by atoms with Crippen LogP contribution in [-0.4, -0.2) is 5.91 Å². The van der Waals surface area contributed by atoms with Gasteiger partial charge in [0.2, 0.25) is 5.91 Å². The third kappa shape index (κ3) is 3.92. The van der Waals surface area contributed by atoms with Gasteiger partial charge in [0.15, 0.2) is 0 Å². The zero-order valence-electron chi connectivity index (χ0n) is 10.9. The number of benzene rings is 2. The second kappa shape index (κ2) is 6.54. The average Bonchev–Trinajstić information content (AvgIpc) is 2.44. The molecule has 3 N–H and O–H groups in total. The fourth-order valence-corrected chi connectivity index (χ4v) is 2.13. The van der Waals surface area contributed by atoms with Crippen LogP contribution in [0.25, 0.3) is 0 Å². The maximum Gasteiger partial charge on any atom is 0.263 e. The molecule has 1 amide bonds. The van der Waals surface area contributed by atoms with Gasteiger partial charge in [0.1, 0.15) is 6.04 Å². The Morgan fingerprint density at radius 2 is 1.76 bits per heavy atom. The summed E-state index contributed by atoms with van der Waals surface area (Å²) >= 11 is 5.87. The Labute approximate surface area is 125 Å². The van der Waals surface area contributed by atoms with Crippen LogP contribution in [0.2, 0.25) is 5.02 Å². The lowest BCUT2D eigenvalue weighted by molar-refractivity contribution is -0.118. The molecule has 0 fully saturated rings. The SMILES string of the molecule is NC(=O)C(Nc1cccc(Cl)c1)c1cccc(C(F)F)c1. The van der Waals surface area contributed by atoms with Crippen molar-refractivity contribution in [3.8, 4) is 0 Å². The topological polar surface area (TPSA) is 55.1 Å². The summed E-state index contributed by atoms with van der Waals surface area (Å²) in [6.45, 7) is 0. The van der Waals surface area contributed by atoms with Crippen molar-refractivity contribution in [3.05, 3.63) is 64.7 Å². The molecule has 110 valence electrons. The van der Waals surface area contributed by atoms with Crippen molar-refractivity contribution in [2.75, 3.05) is 5.32 Å². The van der Waals surface area contributed by atoms with E-state index in [-0.39, 0.29) is 5.56 Å². The highest BCUT2D eigenvalue weighted by molar-refractivity contribution is 6.30. The van der Waals surface area contributed by atoms with E-state index in [9.17, 15) is 13.6 Å². The zero-order chi connectivity index (χ0) is 15.4. The fraction of sp³-hybridized carbons (Fsp3) is 0.133. The number of primary amides is 1. The van der Waals surface area contributed by atoms with E-state index in [1.165, 1.54) is 18.2 Å². The Kier molecular flexibility index (Phi) is 4.75. The van der Waals surface area contributed by atoms with E-state index in [1.807, 2.05) is 0 Å². The van der Waals surface area contributed by atoms with E-state index >= 15 is 0 Å². The lowest BCUT2D eigenvalue weighted by atomic mass is 10.0. The predicted molar refractivity (Wildman–Crippen MR) is 78.4 cm³/mol. The molecule has 0 aliphatic heterocycles. The first-order valence-electron chi connectivity index (χ1n) is 6.17. The molecule has 21 heavy (non-hydrogen) atoms. The first-order valence-corrected chi connectivity index (χ1v) is 6.54. The van der Waals surface area contributed by atoms with Crippen molar-refractivity contribution in [3.63, 3.8) is 0 Å². The van der Waals surface area contributed by atoms with Gasteiger partial charge in [0.05, 0.1) is 0 Å². The number of nitrogens with two attached hydrogens (primary N) is 1. The molecule has 2 aromatic rings. The average molecular weight is 311 g/mol. The second-order valence-electron chi connectivity index (χ2n) is 4.46. The van der Waals surface area contributed by atoms with Gasteiger partial charge in [-0.15, -0.1) is 0 Å². The molecule has 0 heterocycles. The van der Waals surface area contributed by atoms with Gasteiger partial charge >= 0.3 is 0 Å². The molecular weight excluding hydrogens is 298 g/mol. The second-order valence-corrected chi connectivity index (χ2v) is 4.90. The monoisotopic (exact) mass is 310 g/mol. The number of hydrogen-bond donors (Lipinski definition) is 2. The number of anilines is 1. The molecule has 1 atom stereocenters. The van der Waals surface area contributed by atoms with E-state index in [1.54, 1.807) is 30.3 Å². The molecule has 2 aromatic carbocycles. The quantitative estimate of drug-likeness (QED) is 0.879. The van der Waals surface area contributed by atoms with Crippen molar-refractivity contribution in [1.29, 1.82) is 0 Å². The number of nitrogens with one attached hydrogen (secondary N) is 1. The fourth-order valence-electron chi connectivity index (χ4n) is 1.94. The van der Waals surface area contributed by atoms with Gasteiger partial charge < -0.3 is 11.1 Å². The lowest BCUT2D eigenvalue weighted by Gasteiger charge is -2.18. The standard InChI is InChI=1S/C15H13ClF2N2O/c16-11-5-2-6-12(8-11)20-13(15(19)21)9-3-1-4-10(7-9)14(17)18/h1-8,13-14,20H,(H2,19,21). The minimum absolute atomic E-state index is 0.161. The highest BCUT2D eigenvalue weighted by Gasteiger charge is 2.19. The summed E-state index contributed by atoms with van der Waals surface area (Å²) < 4.78 is 25.5. The first-order chi connectivity index (χ1) is 9.97. The summed E-state index contributed by atoms with van der Waals surface area (Å²) in [5.41, 5.74) is 6.15. The van der Waals surface area contributed by atoms with E-state index < -0.39 is 18.4 Å². The molecule has 6 heteroatoms. The largest absolute Gasteiger partial charge is 0.370 e. The third-order valence-corrected chi connectivity index (χ3v) is 3.15. The predicted octanol–water partition coefficient (Wildman–Crippen LogP) is 3.92. The lowest BCUT2D eigenvalue weighted by Crippen LogP contribution is -2.27. The van der Waals surface area contributed by atoms with E-state index in [0.717, 1.165) is 0 Å². The summed E-state index contributed by atoms with van der Waals surface area (Å²) in [6, 6.07) is 11.4. The van der Waals surface area contributed by atoms with Crippen molar-refractivity contribution in [1.82, 2.24) is 0 Å². The number of alkyl halides is 2. The Morgan fingerprint density at radius 1 is 1.10 bits per heavy atom. The number of rotatable bonds is 5. The van der Waals surface area contributed by atoms with Crippen molar-refractivity contribution < 1.29 is 13.6 Å². The third-order valence-electron chi connectivity index (χ3n) is 2.92. The highest BCUT2D eigenvalue weighted by Crippen LogP contribution is 2.25. The van der Waals surface area contributed by atoms with Gasteiger partial charge in [0.25, 0.3) is 6.43 Å². The van der Waals surface area contributed by atoms with Gasteiger partial charge in [-0.2, -0.15) is 0 Å². The van der Waals surface area contributed by atoms with Gasteiger partial charge in [0, 0.05) is 16.3 Å². The number of carbonyl (C=O) groups excluding carboxylic acids is 1. The van der Waals surface area contributed by atoms with Crippen LogP contribution in [0.4, 0.5) is 14.5 Å². The first kappa shape index (κ1) is 15.3. The molecule has 0 aliphatic rings. The molecule has 0 saturated carbocycles. The van der Waals surface area contributed by atoms with Crippen molar-refractivity contribution in [2.24, 2.45) is 5.73 Å². The number of carbonyl (C=O) groups is 1. The Balaban J connectivity index is 2.31. The van der Waals surface area contributed by atoms with Crippen LogP contribution in [0, 0.1) is 0 Å². The molecule has 0 radical (unpaired) electrons. The zero-order valence-corrected chi connectivity index (χ0v) is 11.6. The molecule has 0 aliphatic carbocycles.